The lowest BCUT2D eigenvalue weighted by Crippen LogP contribution is -2.60. The summed E-state index contributed by atoms with van der Waals surface area (Å²) in [4.78, 5) is 17.4. The molecule has 4 aliphatic heterocycles. The van der Waals surface area contributed by atoms with Crippen LogP contribution in [0.25, 0.3) is 0 Å². The van der Waals surface area contributed by atoms with Gasteiger partial charge in [-0.15, -0.1) is 0 Å². The molecule has 0 N–H and O–H groups in total. The van der Waals surface area contributed by atoms with Gasteiger partial charge in [0.15, 0.2) is 0 Å². The first kappa shape index (κ1) is 8.49. The summed E-state index contributed by atoms with van der Waals surface area (Å²) in [6.45, 7) is 2.77. The molecule has 116 valence electrons. The third kappa shape index (κ3) is 1.81. The molecule has 0 spiro atoms. The van der Waals surface area contributed by atoms with Gasteiger partial charge in [0.1, 0.15) is 0 Å². The van der Waals surface area contributed by atoms with Crippen LogP contribution in [0.2, 0.25) is 0 Å². The third-order valence-corrected chi connectivity index (χ3v) is 5.77. The van der Waals surface area contributed by atoms with Gasteiger partial charge < -0.3 is 9.80 Å². The second-order valence-corrected chi connectivity index (χ2v) is 6.91. The van der Waals surface area contributed by atoms with Crippen LogP contribution in [0.4, 0.5) is 0 Å². The summed E-state index contributed by atoms with van der Waals surface area (Å²) < 4.78 is 50.7. The van der Waals surface area contributed by atoms with E-state index < -0.39 is 18.3 Å². The van der Waals surface area contributed by atoms with E-state index in [0.717, 1.165) is 25.9 Å². The van der Waals surface area contributed by atoms with Crippen molar-refractivity contribution >= 4 is 5.91 Å². The van der Waals surface area contributed by atoms with Crippen LogP contribution in [0.15, 0.2) is 18.1 Å². The fraction of sp³-hybridized carbons (Fsp3) is 0.632. The first-order valence-electron chi connectivity index (χ1n) is 11.3. The van der Waals surface area contributed by atoms with Crippen molar-refractivity contribution in [1.82, 2.24) is 9.80 Å². The van der Waals surface area contributed by atoms with E-state index in [1.807, 2.05) is 0 Å². The summed E-state index contributed by atoms with van der Waals surface area (Å²) in [5, 5.41) is 0. The molecule has 3 saturated heterocycles. The zero-order chi connectivity index (χ0) is 20.0. The number of carbonyl (C=O) groups excluding carboxylic acids is 1. The molecule has 1 aromatic carbocycles. The maximum Gasteiger partial charge on any atom is 0.254 e. The predicted octanol–water partition coefficient (Wildman–Crippen LogP) is 2.66. The average molecular weight is 302 g/mol. The van der Waals surface area contributed by atoms with Crippen LogP contribution in [-0.2, 0) is 6.37 Å². The Morgan fingerprint density at radius 2 is 2.09 bits per heavy atom. The van der Waals surface area contributed by atoms with Crippen molar-refractivity contribution in [3.8, 4) is 0 Å². The molecular formula is C19H24N2O. The standard InChI is InChI=1S/C19H24N2O/c22-19-16-6-2-4-14-3-1-5-15(18(14)16)11-21(19)17-12-20-9-7-13(17)8-10-20/h2,4,6,13,15,17H,1,3,5,7-12H2/t15-,17-/m1/s1/i2D,3D2,4D,6D,17D. The third-order valence-electron chi connectivity index (χ3n) is 5.77. The Balaban J connectivity index is 1.68. The number of hydrogen-bond donors (Lipinski definition) is 0. The summed E-state index contributed by atoms with van der Waals surface area (Å²) in [6, 6.07) is -1.97. The number of nitrogens with zero attached hydrogens (tertiary/aromatic N) is 2. The largest absolute Gasteiger partial charge is 0.333 e. The highest BCUT2D eigenvalue weighted by Gasteiger charge is 2.43. The van der Waals surface area contributed by atoms with E-state index in [-0.39, 0.29) is 47.5 Å². The molecule has 1 aromatic rings. The molecular weight excluding hydrogens is 272 g/mol. The maximum atomic E-state index is 13.5. The zero-order valence-electron chi connectivity index (χ0n) is 18.6. The Morgan fingerprint density at radius 1 is 1.23 bits per heavy atom. The van der Waals surface area contributed by atoms with Gasteiger partial charge in [-0.3, -0.25) is 4.79 Å². The van der Waals surface area contributed by atoms with Crippen LogP contribution in [0.1, 0.15) is 61.3 Å². The lowest BCUT2D eigenvalue weighted by atomic mass is 9.75. The summed E-state index contributed by atoms with van der Waals surface area (Å²) in [6.07, 6.45) is 0.772. The Bertz CT molecular complexity index is 882. The van der Waals surface area contributed by atoms with Crippen molar-refractivity contribution in [1.29, 1.82) is 0 Å². The van der Waals surface area contributed by atoms with Gasteiger partial charge >= 0.3 is 0 Å². The van der Waals surface area contributed by atoms with E-state index in [4.69, 9.17) is 6.85 Å². The van der Waals surface area contributed by atoms with Crippen LogP contribution in [0.3, 0.4) is 0 Å². The highest BCUT2D eigenvalue weighted by atomic mass is 16.2. The van der Waals surface area contributed by atoms with Gasteiger partial charge in [-0.2, -0.15) is 0 Å². The Kier molecular flexibility index (Phi) is 1.86. The Hall–Kier alpha value is -1.35. The number of piperidine rings is 3. The van der Waals surface area contributed by atoms with Gasteiger partial charge in [0, 0.05) is 33.3 Å². The fourth-order valence-electron chi connectivity index (χ4n) is 4.60. The van der Waals surface area contributed by atoms with Crippen LogP contribution in [-0.4, -0.2) is 47.9 Å². The van der Waals surface area contributed by atoms with E-state index in [1.54, 1.807) is 4.90 Å². The summed E-state index contributed by atoms with van der Waals surface area (Å²) in [5.41, 5.74) is 0.660. The van der Waals surface area contributed by atoms with Crippen LogP contribution >= 0.6 is 0 Å². The first-order chi connectivity index (χ1) is 13.1. The van der Waals surface area contributed by atoms with Gasteiger partial charge in [-0.05, 0) is 68.2 Å². The summed E-state index contributed by atoms with van der Waals surface area (Å²) >= 11 is 0. The van der Waals surface area contributed by atoms with Crippen molar-refractivity contribution in [2.24, 2.45) is 5.92 Å². The highest BCUT2D eigenvalue weighted by molar-refractivity contribution is 5.97. The topological polar surface area (TPSA) is 23.6 Å². The van der Waals surface area contributed by atoms with Crippen molar-refractivity contribution < 1.29 is 13.0 Å². The minimum absolute atomic E-state index is 0.0684. The van der Waals surface area contributed by atoms with Gasteiger partial charge in [-0.1, -0.05) is 12.1 Å². The van der Waals surface area contributed by atoms with Crippen LogP contribution < -0.4 is 0 Å². The summed E-state index contributed by atoms with van der Waals surface area (Å²) in [7, 11) is 0. The molecule has 6 rings (SSSR count). The monoisotopic (exact) mass is 302 g/mol. The number of rotatable bonds is 1. The first-order valence-corrected chi connectivity index (χ1v) is 8.33. The van der Waals surface area contributed by atoms with E-state index in [9.17, 15) is 6.17 Å². The second kappa shape index (κ2) is 4.82. The zero-order valence-corrected chi connectivity index (χ0v) is 12.6. The Labute approximate surface area is 140 Å². The molecule has 2 atom stereocenters. The lowest BCUT2D eigenvalue weighted by Gasteiger charge is -2.51. The molecule has 0 saturated carbocycles. The molecule has 2 bridgehead atoms. The molecule has 0 unspecified atom stereocenters. The van der Waals surface area contributed by atoms with Crippen molar-refractivity contribution in [2.45, 2.75) is 44.0 Å². The molecule has 5 aliphatic rings. The normalized spacial score (nSPS) is 45.9. The smallest absolute Gasteiger partial charge is 0.254 e. The minimum atomic E-state index is -1.77. The molecule has 3 fully saturated rings. The molecule has 22 heavy (non-hydrogen) atoms. The summed E-state index contributed by atoms with van der Waals surface area (Å²) in [5.74, 6) is -0.483. The van der Waals surface area contributed by atoms with Crippen molar-refractivity contribution in [3.05, 3.63) is 34.8 Å². The van der Waals surface area contributed by atoms with Crippen molar-refractivity contribution in [2.75, 3.05) is 26.2 Å². The lowest BCUT2D eigenvalue weighted by molar-refractivity contribution is 0.00258. The van der Waals surface area contributed by atoms with Gasteiger partial charge in [0.05, 0.1) is 5.48 Å². The minimum Gasteiger partial charge on any atom is -0.333 e. The van der Waals surface area contributed by atoms with Crippen molar-refractivity contribution in [3.63, 3.8) is 0 Å². The molecule has 1 amide bonds. The SMILES string of the molecule is [2H]c1c([2H])c2c3c(c1[2H])C([2H])([2H])CC[C@@H]3CN([C@]1([2H])CN3CCC1CC3)C2=O. The van der Waals surface area contributed by atoms with Crippen LogP contribution in [0.5, 0.6) is 0 Å². The molecule has 1 aliphatic carbocycles. The van der Waals surface area contributed by atoms with Gasteiger partial charge in [0.2, 0.25) is 0 Å². The number of amides is 1. The highest BCUT2D eigenvalue weighted by Crippen LogP contribution is 2.41. The van der Waals surface area contributed by atoms with Gasteiger partial charge in [-0.25, -0.2) is 0 Å². The van der Waals surface area contributed by atoms with Gasteiger partial charge in [0.25, 0.3) is 5.91 Å². The van der Waals surface area contributed by atoms with E-state index in [1.165, 1.54) is 0 Å². The number of hydrogen-bond acceptors (Lipinski definition) is 2. The molecule has 3 heteroatoms. The Morgan fingerprint density at radius 3 is 2.86 bits per heavy atom. The number of carbonyl (C=O) groups is 1. The molecule has 4 heterocycles. The molecule has 0 aromatic heterocycles. The van der Waals surface area contributed by atoms with E-state index in [0.29, 0.717) is 25.1 Å². The number of fused-ring (bicyclic) bond motifs is 3. The predicted molar refractivity (Wildman–Crippen MR) is 86.1 cm³/mol. The quantitative estimate of drug-likeness (QED) is 0.796. The van der Waals surface area contributed by atoms with Crippen LogP contribution in [0, 0.1) is 5.92 Å². The molecule has 3 nitrogen and oxygen atoms in total. The van der Waals surface area contributed by atoms with E-state index in [2.05, 4.69) is 4.90 Å². The van der Waals surface area contributed by atoms with E-state index >= 15 is 0 Å². The molecule has 0 radical (unpaired) electrons. The second-order valence-electron chi connectivity index (χ2n) is 6.91. The average Bonchev–Trinajstić information content (AvgIpc) is 2.65. The fourth-order valence-corrected chi connectivity index (χ4v) is 4.60. The number of benzene rings is 1. The maximum absolute atomic E-state index is 13.5.